The third kappa shape index (κ3) is 7.67. The van der Waals surface area contributed by atoms with Crippen molar-refractivity contribution in [2.45, 2.75) is 31.6 Å². The van der Waals surface area contributed by atoms with Gasteiger partial charge in [0.2, 0.25) is 5.91 Å². The molecule has 1 aliphatic heterocycles. The van der Waals surface area contributed by atoms with Crippen LogP contribution in [0, 0.1) is 0 Å². The van der Waals surface area contributed by atoms with E-state index >= 15 is 0 Å². The maximum Gasteiger partial charge on any atom is 0.490 e. The fraction of sp³-hybridized carbons (Fsp3) is 0.214. The van der Waals surface area contributed by atoms with Crippen LogP contribution < -0.4 is 11.1 Å². The quantitative estimate of drug-likeness (QED) is 0.346. The number of nitrogens with two attached hydrogens (primary N) is 1. The smallest absolute Gasteiger partial charge is 0.478 e. The average molecular weight is 558 g/mol. The van der Waals surface area contributed by atoms with E-state index in [1.165, 1.54) is 12.1 Å². The molecule has 0 aliphatic carbocycles. The number of carbonyl (C=O) groups is 4. The Morgan fingerprint density at radius 3 is 2.12 bits per heavy atom. The Morgan fingerprint density at radius 2 is 1.57 bits per heavy atom. The highest BCUT2D eigenvalue weighted by Gasteiger charge is 2.38. The number of fused-ring (bicyclic) bond motifs is 1. The van der Waals surface area contributed by atoms with Gasteiger partial charge in [0.1, 0.15) is 6.04 Å². The number of carbonyl (C=O) groups excluding carboxylic acids is 2. The summed E-state index contributed by atoms with van der Waals surface area (Å²) in [7, 11) is 0. The summed E-state index contributed by atoms with van der Waals surface area (Å²) in [4.78, 5) is 48.3. The molecule has 40 heavy (non-hydrogen) atoms. The van der Waals surface area contributed by atoms with Crippen molar-refractivity contribution in [3.63, 3.8) is 0 Å². The zero-order valence-corrected chi connectivity index (χ0v) is 21.0. The molecule has 0 fully saturated rings. The summed E-state index contributed by atoms with van der Waals surface area (Å²) in [5, 5.41) is 19.1. The highest BCUT2D eigenvalue weighted by atomic mass is 19.4. The van der Waals surface area contributed by atoms with Gasteiger partial charge < -0.3 is 26.2 Å². The minimum Gasteiger partial charge on any atom is -0.478 e. The lowest BCUT2D eigenvalue weighted by molar-refractivity contribution is -0.192. The molecule has 0 saturated heterocycles. The van der Waals surface area contributed by atoms with Crippen molar-refractivity contribution in [3.8, 4) is 0 Å². The number of alkyl halides is 3. The molecule has 1 aliphatic rings. The summed E-state index contributed by atoms with van der Waals surface area (Å²) in [5.41, 5.74) is 9.79. The molecule has 0 saturated carbocycles. The Hall–Kier alpha value is -4.71. The third-order valence-corrected chi connectivity index (χ3v) is 6.11. The number of anilines is 1. The van der Waals surface area contributed by atoms with E-state index in [0.717, 1.165) is 16.7 Å². The van der Waals surface area contributed by atoms with Crippen molar-refractivity contribution < 1.29 is 42.6 Å². The molecule has 0 spiro atoms. The van der Waals surface area contributed by atoms with Gasteiger partial charge in [0, 0.05) is 30.8 Å². The molecule has 5 N–H and O–H groups in total. The second-order valence-electron chi connectivity index (χ2n) is 8.82. The first-order valence-electron chi connectivity index (χ1n) is 12.0. The Morgan fingerprint density at radius 1 is 0.950 bits per heavy atom. The topological polar surface area (TPSA) is 150 Å². The van der Waals surface area contributed by atoms with Crippen molar-refractivity contribution in [3.05, 3.63) is 101 Å². The maximum atomic E-state index is 13.4. The molecular weight excluding hydrogens is 531 g/mol. The molecule has 4 rings (SSSR count). The Bertz CT molecular complexity index is 1380. The SMILES string of the molecule is NCc1ccc2c(c1)CCN([C@@H](Cc1ccccc1)C(=O)Nc1ccc(C(=O)O)cc1)C2=O.O=C(O)C(F)(F)F. The van der Waals surface area contributed by atoms with Gasteiger partial charge in [-0.25, -0.2) is 9.59 Å². The molecule has 0 bridgehead atoms. The van der Waals surface area contributed by atoms with Crippen LogP contribution in [0.5, 0.6) is 0 Å². The van der Waals surface area contributed by atoms with Crippen LogP contribution in [0.15, 0.2) is 72.8 Å². The largest absolute Gasteiger partial charge is 0.490 e. The number of nitrogens with one attached hydrogen (secondary N) is 1. The first kappa shape index (κ1) is 29.8. The number of aliphatic carboxylic acids is 1. The number of hydrogen-bond acceptors (Lipinski definition) is 5. The van der Waals surface area contributed by atoms with Crippen LogP contribution in [0.3, 0.4) is 0 Å². The van der Waals surface area contributed by atoms with Crippen LogP contribution in [0.1, 0.15) is 37.4 Å². The molecule has 2 amide bonds. The number of halogens is 3. The number of carboxylic acid groups (broad SMARTS) is 2. The molecule has 210 valence electrons. The molecule has 9 nitrogen and oxygen atoms in total. The second kappa shape index (κ2) is 12.9. The number of amides is 2. The van der Waals surface area contributed by atoms with Gasteiger partial charge in [0.05, 0.1) is 5.56 Å². The van der Waals surface area contributed by atoms with Gasteiger partial charge in [0.25, 0.3) is 5.91 Å². The summed E-state index contributed by atoms with van der Waals surface area (Å²) < 4.78 is 31.7. The number of rotatable bonds is 7. The Balaban J connectivity index is 0.000000559. The van der Waals surface area contributed by atoms with Crippen LogP contribution >= 0.6 is 0 Å². The number of carboxylic acids is 2. The Labute approximate surface area is 227 Å². The summed E-state index contributed by atoms with van der Waals surface area (Å²) >= 11 is 0. The molecule has 0 aromatic heterocycles. The Kier molecular flexibility index (Phi) is 9.62. The predicted octanol–water partition coefficient (Wildman–Crippen LogP) is 3.73. The number of hydrogen-bond donors (Lipinski definition) is 4. The lowest BCUT2D eigenvalue weighted by atomic mass is 9.94. The molecule has 3 aromatic rings. The number of nitrogens with zero attached hydrogens (tertiary/aromatic N) is 1. The number of benzene rings is 3. The lowest BCUT2D eigenvalue weighted by Crippen LogP contribution is -2.51. The lowest BCUT2D eigenvalue weighted by Gasteiger charge is -2.35. The minimum absolute atomic E-state index is 0.133. The van der Waals surface area contributed by atoms with Crippen LogP contribution in [-0.2, 0) is 29.0 Å². The van der Waals surface area contributed by atoms with E-state index in [1.807, 2.05) is 42.5 Å². The average Bonchev–Trinajstić information content (AvgIpc) is 2.92. The van der Waals surface area contributed by atoms with Crippen molar-refractivity contribution in [2.24, 2.45) is 5.73 Å². The second-order valence-corrected chi connectivity index (χ2v) is 8.82. The van der Waals surface area contributed by atoms with Gasteiger partial charge in [-0.1, -0.05) is 42.5 Å². The molecule has 1 atom stereocenters. The van der Waals surface area contributed by atoms with E-state index in [4.69, 9.17) is 20.7 Å². The number of aromatic carboxylic acids is 1. The van der Waals surface area contributed by atoms with Crippen molar-refractivity contribution in [1.82, 2.24) is 4.90 Å². The molecule has 12 heteroatoms. The highest BCUT2D eigenvalue weighted by Crippen LogP contribution is 2.24. The molecule has 1 heterocycles. The molecule has 0 radical (unpaired) electrons. The van der Waals surface area contributed by atoms with E-state index in [2.05, 4.69) is 5.32 Å². The van der Waals surface area contributed by atoms with Crippen LogP contribution in [0.25, 0.3) is 0 Å². The van der Waals surface area contributed by atoms with Crippen molar-refractivity contribution >= 4 is 29.4 Å². The van der Waals surface area contributed by atoms with Gasteiger partial charge >= 0.3 is 18.1 Å². The molecular formula is C28H26F3N3O6. The van der Waals surface area contributed by atoms with E-state index in [0.29, 0.717) is 37.2 Å². The summed E-state index contributed by atoms with van der Waals surface area (Å²) in [5.74, 6) is -4.30. The van der Waals surface area contributed by atoms with Crippen LogP contribution in [-0.4, -0.2) is 57.6 Å². The minimum atomic E-state index is -5.08. The van der Waals surface area contributed by atoms with Crippen LogP contribution in [0.2, 0.25) is 0 Å². The normalized spacial score (nSPS) is 13.4. The molecule has 0 unspecified atom stereocenters. The van der Waals surface area contributed by atoms with Gasteiger partial charge in [-0.15, -0.1) is 0 Å². The fourth-order valence-corrected chi connectivity index (χ4v) is 4.09. The van der Waals surface area contributed by atoms with Crippen molar-refractivity contribution in [2.75, 3.05) is 11.9 Å². The van der Waals surface area contributed by atoms with E-state index in [9.17, 15) is 27.6 Å². The van der Waals surface area contributed by atoms with E-state index in [-0.39, 0.29) is 17.4 Å². The monoisotopic (exact) mass is 557 g/mol. The van der Waals surface area contributed by atoms with Gasteiger partial charge in [0.15, 0.2) is 0 Å². The zero-order valence-electron chi connectivity index (χ0n) is 21.0. The molecule has 3 aromatic carbocycles. The summed E-state index contributed by atoms with van der Waals surface area (Å²) in [6.45, 7) is 0.827. The third-order valence-electron chi connectivity index (χ3n) is 6.11. The summed E-state index contributed by atoms with van der Waals surface area (Å²) in [6.07, 6.45) is -4.08. The fourth-order valence-electron chi connectivity index (χ4n) is 4.09. The van der Waals surface area contributed by atoms with E-state index < -0.39 is 24.2 Å². The zero-order chi connectivity index (χ0) is 29.4. The highest BCUT2D eigenvalue weighted by molar-refractivity contribution is 6.02. The van der Waals surface area contributed by atoms with E-state index in [1.54, 1.807) is 23.1 Å². The van der Waals surface area contributed by atoms with Gasteiger partial charge in [-0.05, 0) is 53.4 Å². The van der Waals surface area contributed by atoms with Crippen LogP contribution in [0.4, 0.5) is 18.9 Å². The maximum absolute atomic E-state index is 13.4. The van der Waals surface area contributed by atoms with Gasteiger partial charge in [-0.2, -0.15) is 13.2 Å². The standard InChI is InChI=1S/C26H25N3O4.C2HF3O2/c27-16-18-6-11-22-20(14-18)12-13-29(25(22)31)23(15-17-4-2-1-3-5-17)24(30)28-21-9-7-19(8-10-21)26(32)33;3-2(4,5)1(6)7/h1-11,14,23H,12-13,15-16,27H2,(H,28,30)(H,32,33);(H,6,7)/t23-;/m0./s1. The predicted molar refractivity (Wildman–Crippen MR) is 139 cm³/mol. The first-order chi connectivity index (χ1) is 18.9. The van der Waals surface area contributed by atoms with Gasteiger partial charge in [-0.3, -0.25) is 9.59 Å². The summed E-state index contributed by atoms with van der Waals surface area (Å²) in [6, 6.07) is 20.4. The first-order valence-corrected chi connectivity index (χ1v) is 12.0. The van der Waals surface area contributed by atoms with Crippen molar-refractivity contribution in [1.29, 1.82) is 0 Å².